The second-order valence-electron chi connectivity index (χ2n) is 2.80. The molecule has 1 unspecified atom stereocenters. The zero-order valence-electron chi connectivity index (χ0n) is 6.06. The van der Waals surface area contributed by atoms with Crippen molar-refractivity contribution < 1.29 is 4.79 Å². The molecule has 1 saturated carbocycles. The van der Waals surface area contributed by atoms with Crippen LogP contribution in [0.15, 0.2) is 0 Å². The van der Waals surface area contributed by atoms with Crippen molar-refractivity contribution in [3.05, 3.63) is 0 Å². The lowest BCUT2D eigenvalue weighted by Crippen LogP contribution is -2.30. The number of rotatable bonds is 3. The van der Waals surface area contributed by atoms with Crippen LogP contribution in [0.3, 0.4) is 0 Å². The smallest absolute Gasteiger partial charge is 0.233 e. The molecule has 1 fully saturated rings. The van der Waals surface area contributed by atoms with Crippen molar-refractivity contribution in [1.82, 2.24) is 5.32 Å². The number of hydrogen-bond acceptors (Lipinski definition) is 1. The van der Waals surface area contributed by atoms with Gasteiger partial charge in [0.15, 0.2) is 0 Å². The van der Waals surface area contributed by atoms with Crippen LogP contribution in [0.5, 0.6) is 0 Å². The third kappa shape index (κ3) is 2.69. The molecule has 1 aliphatic rings. The van der Waals surface area contributed by atoms with E-state index in [1.807, 2.05) is 6.92 Å². The highest BCUT2D eigenvalue weighted by Gasteiger charge is 2.22. The monoisotopic (exact) mass is 205 g/mol. The van der Waals surface area contributed by atoms with Gasteiger partial charge in [0.05, 0.1) is 4.83 Å². The Morgan fingerprint density at radius 2 is 2.40 bits per heavy atom. The first-order valence-electron chi connectivity index (χ1n) is 3.62. The molecule has 58 valence electrons. The van der Waals surface area contributed by atoms with E-state index in [9.17, 15) is 4.79 Å². The van der Waals surface area contributed by atoms with Gasteiger partial charge in [-0.05, 0) is 25.7 Å². The largest absolute Gasteiger partial charge is 0.355 e. The van der Waals surface area contributed by atoms with Gasteiger partial charge >= 0.3 is 0 Å². The Balaban J connectivity index is 2.05. The molecule has 1 amide bonds. The molecule has 0 spiro atoms. The van der Waals surface area contributed by atoms with E-state index in [1.54, 1.807) is 0 Å². The van der Waals surface area contributed by atoms with E-state index in [2.05, 4.69) is 21.2 Å². The molecule has 0 bridgehead atoms. The van der Waals surface area contributed by atoms with Crippen LogP contribution in [0.4, 0.5) is 0 Å². The van der Waals surface area contributed by atoms with Crippen molar-refractivity contribution in [2.24, 2.45) is 5.92 Å². The van der Waals surface area contributed by atoms with Crippen LogP contribution in [0.1, 0.15) is 19.8 Å². The van der Waals surface area contributed by atoms with Gasteiger partial charge < -0.3 is 5.32 Å². The molecule has 0 aliphatic heterocycles. The number of amides is 1. The Morgan fingerprint density at radius 1 is 1.80 bits per heavy atom. The van der Waals surface area contributed by atoms with Crippen molar-refractivity contribution in [2.75, 3.05) is 6.54 Å². The van der Waals surface area contributed by atoms with Gasteiger partial charge in [-0.25, -0.2) is 0 Å². The van der Waals surface area contributed by atoms with Gasteiger partial charge in [-0.2, -0.15) is 0 Å². The first kappa shape index (κ1) is 8.05. The van der Waals surface area contributed by atoms with Gasteiger partial charge in [0.2, 0.25) is 5.91 Å². The molecular weight excluding hydrogens is 194 g/mol. The molecule has 10 heavy (non-hydrogen) atoms. The minimum absolute atomic E-state index is 0.0498. The van der Waals surface area contributed by atoms with Crippen molar-refractivity contribution in [1.29, 1.82) is 0 Å². The minimum atomic E-state index is -0.0498. The van der Waals surface area contributed by atoms with Crippen LogP contribution in [-0.4, -0.2) is 17.3 Å². The lowest BCUT2D eigenvalue weighted by Gasteiger charge is -2.04. The predicted octanol–water partition coefficient (Wildman–Crippen LogP) is 1.30. The van der Waals surface area contributed by atoms with Crippen molar-refractivity contribution in [3.63, 3.8) is 0 Å². The number of alkyl halides is 1. The zero-order chi connectivity index (χ0) is 7.56. The van der Waals surface area contributed by atoms with Crippen LogP contribution in [0, 0.1) is 5.92 Å². The second-order valence-corrected chi connectivity index (χ2v) is 4.18. The highest BCUT2D eigenvalue weighted by molar-refractivity contribution is 9.10. The highest BCUT2D eigenvalue weighted by Crippen LogP contribution is 2.27. The SMILES string of the molecule is CC(Br)C(=O)NCC1CC1. The molecule has 1 aliphatic carbocycles. The first-order chi connectivity index (χ1) is 4.70. The fourth-order valence-electron chi connectivity index (χ4n) is 0.708. The van der Waals surface area contributed by atoms with E-state index >= 15 is 0 Å². The Labute approximate surface area is 69.5 Å². The summed E-state index contributed by atoms with van der Waals surface area (Å²) in [6.45, 7) is 2.71. The number of carbonyl (C=O) groups is 1. The molecule has 3 heteroatoms. The zero-order valence-corrected chi connectivity index (χ0v) is 7.65. The summed E-state index contributed by atoms with van der Waals surface area (Å²) in [5.41, 5.74) is 0. The van der Waals surface area contributed by atoms with E-state index in [0.717, 1.165) is 12.5 Å². The number of nitrogens with one attached hydrogen (secondary N) is 1. The van der Waals surface area contributed by atoms with E-state index < -0.39 is 0 Å². The van der Waals surface area contributed by atoms with Crippen LogP contribution in [0.2, 0.25) is 0 Å². The quantitative estimate of drug-likeness (QED) is 0.692. The maximum absolute atomic E-state index is 10.9. The molecule has 2 nitrogen and oxygen atoms in total. The summed E-state index contributed by atoms with van der Waals surface area (Å²) in [6.07, 6.45) is 2.58. The minimum Gasteiger partial charge on any atom is -0.355 e. The molecule has 1 rings (SSSR count). The Hall–Kier alpha value is -0.0500. The summed E-state index contributed by atoms with van der Waals surface area (Å²) < 4.78 is 0. The number of hydrogen-bond donors (Lipinski definition) is 1. The predicted molar refractivity (Wildman–Crippen MR) is 44.1 cm³/mol. The molecule has 1 N–H and O–H groups in total. The third-order valence-corrected chi connectivity index (χ3v) is 2.04. The Kier molecular flexibility index (Phi) is 2.72. The molecular formula is C7H12BrNO. The number of carbonyl (C=O) groups excluding carboxylic acids is 1. The molecule has 1 atom stereocenters. The average Bonchev–Trinajstić information content (AvgIpc) is 2.64. The molecule has 0 saturated heterocycles. The Bertz CT molecular complexity index is 132. The van der Waals surface area contributed by atoms with Gasteiger partial charge in [-0.3, -0.25) is 4.79 Å². The lowest BCUT2D eigenvalue weighted by molar-refractivity contribution is -0.120. The normalized spacial score (nSPS) is 20.2. The average molecular weight is 206 g/mol. The summed E-state index contributed by atoms with van der Waals surface area (Å²) in [5, 5.41) is 2.86. The van der Waals surface area contributed by atoms with E-state index in [4.69, 9.17) is 0 Å². The molecule has 0 radical (unpaired) electrons. The Morgan fingerprint density at radius 3 is 2.80 bits per heavy atom. The highest BCUT2D eigenvalue weighted by atomic mass is 79.9. The second kappa shape index (κ2) is 3.37. The van der Waals surface area contributed by atoms with Crippen LogP contribution < -0.4 is 5.32 Å². The topological polar surface area (TPSA) is 29.1 Å². The van der Waals surface area contributed by atoms with E-state index in [-0.39, 0.29) is 10.7 Å². The summed E-state index contributed by atoms with van der Waals surface area (Å²) in [4.78, 5) is 10.9. The number of halogens is 1. The van der Waals surface area contributed by atoms with Gasteiger partial charge in [0, 0.05) is 6.54 Å². The van der Waals surface area contributed by atoms with Crippen molar-refractivity contribution >= 4 is 21.8 Å². The van der Waals surface area contributed by atoms with E-state index in [0.29, 0.717) is 0 Å². The van der Waals surface area contributed by atoms with E-state index in [1.165, 1.54) is 12.8 Å². The van der Waals surface area contributed by atoms with Crippen molar-refractivity contribution in [2.45, 2.75) is 24.6 Å². The van der Waals surface area contributed by atoms with Crippen LogP contribution >= 0.6 is 15.9 Å². The summed E-state index contributed by atoms with van der Waals surface area (Å²) in [7, 11) is 0. The summed E-state index contributed by atoms with van der Waals surface area (Å²) >= 11 is 3.20. The van der Waals surface area contributed by atoms with Crippen molar-refractivity contribution in [3.8, 4) is 0 Å². The maximum Gasteiger partial charge on any atom is 0.233 e. The lowest BCUT2D eigenvalue weighted by atomic mass is 10.4. The summed E-state index contributed by atoms with van der Waals surface area (Å²) in [5.74, 6) is 0.877. The fraction of sp³-hybridized carbons (Fsp3) is 0.857. The van der Waals surface area contributed by atoms with Gasteiger partial charge in [-0.1, -0.05) is 15.9 Å². The maximum atomic E-state index is 10.9. The third-order valence-electron chi connectivity index (χ3n) is 1.62. The molecule has 0 aromatic rings. The van der Waals surface area contributed by atoms with Gasteiger partial charge in [-0.15, -0.1) is 0 Å². The van der Waals surface area contributed by atoms with Gasteiger partial charge in [0.25, 0.3) is 0 Å². The standard InChI is InChI=1S/C7H12BrNO/c1-5(8)7(10)9-4-6-2-3-6/h5-6H,2-4H2,1H3,(H,9,10). The van der Waals surface area contributed by atoms with Crippen LogP contribution in [-0.2, 0) is 4.79 Å². The molecule has 0 heterocycles. The van der Waals surface area contributed by atoms with Gasteiger partial charge in [0.1, 0.15) is 0 Å². The molecule has 0 aromatic carbocycles. The fourth-order valence-corrected chi connectivity index (χ4v) is 0.869. The summed E-state index contributed by atoms with van der Waals surface area (Å²) in [6, 6.07) is 0. The molecule has 0 aromatic heterocycles. The first-order valence-corrected chi connectivity index (χ1v) is 4.53. The van der Waals surface area contributed by atoms with Crippen LogP contribution in [0.25, 0.3) is 0 Å².